The predicted octanol–water partition coefficient (Wildman–Crippen LogP) is 3.62. The minimum atomic E-state index is -0.827. The van der Waals surface area contributed by atoms with Crippen LogP contribution in [0.5, 0.6) is 0 Å². The molecule has 5 N–H and O–H groups in total. The van der Waals surface area contributed by atoms with Gasteiger partial charge in [-0.2, -0.15) is 0 Å². The summed E-state index contributed by atoms with van der Waals surface area (Å²) in [5.74, 6) is -0.233. The minimum Gasteiger partial charge on any atom is -0.388 e. The molecule has 1 aliphatic carbocycles. The molecule has 1 atom stereocenters. The lowest BCUT2D eigenvalue weighted by molar-refractivity contribution is -0.111. The first kappa shape index (κ1) is 23.6. The van der Waals surface area contributed by atoms with E-state index in [1.54, 1.807) is 18.5 Å². The SMILES string of the molecule is CCC(F)CNCc1ccc(NC(=O)/C=C/c2cnccc2/C(=C/NC2CC2)CN)cc1. The maximum Gasteiger partial charge on any atom is 0.248 e. The Morgan fingerprint density at radius 2 is 2.06 bits per heavy atom. The van der Waals surface area contributed by atoms with Crippen molar-refractivity contribution in [3.05, 3.63) is 71.7 Å². The molecule has 0 aliphatic heterocycles. The Balaban J connectivity index is 1.57. The zero-order valence-electron chi connectivity index (χ0n) is 18.5. The lowest BCUT2D eigenvalue weighted by Crippen LogP contribution is -2.22. The molecule has 170 valence electrons. The van der Waals surface area contributed by atoms with E-state index < -0.39 is 6.17 Å². The van der Waals surface area contributed by atoms with Gasteiger partial charge in [-0.1, -0.05) is 19.1 Å². The Bertz CT molecular complexity index is 938. The maximum absolute atomic E-state index is 13.3. The highest BCUT2D eigenvalue weighted by Crippen LogP contribution is 2.22. The molecule has 0 radical (unpaired) electrons. The number of anilines is 1. The summed E-state index contributed by atoms with van der Waals surface area (Å²) in [7, 11) is 0. The van der Waals surface area contributed by atoms with Gasteiger partial charge in [-0.25, -0.2) is 4.39 Å². The van der Waals surface area contributed by atoms with Crippen LogP contribution in [0.4, 0.5) is 10.1 Å². The molecule has 0 saturated heterocycles. The molecule has 1 unspecified atom stereocenters. The van der Waals surface area contributed by atoms with Crippen LogP contribution in [-0.2, 0) is 11.3 Å². The molecule has 1 aliphatic rings. The van der Waals surface area contributed by atoms with E-state index in [0.717, 1.165) is 22.3 Å². The first-order chi connectivity index (χ1) is 15.6. The average Bonchev–Trinajstić information content (AvgIpc) is 3.64. The van der Waals surface area contributed by atoms with Crippen LogP contribution in [0.25, 0.3) is 11.6 Å². The molecule has 1 amide bonds. The van der Waals surface area contributed by atoms with Crippen LogP contribution in [0.2, 0.25) is 0 Å². The van der Waals surface area contributed by atoms with Gasteiger partial charge < -0.3 is 21.7 Å². The number of hydrogen-bond acceptors (Lipinski definition) is 5. The Labute approximate surface area is 189 Å². The van der Waals surface area contributed by atoms with Gasteiger partial charge in [0.05, 0.1) is 0 Å². The number of alkyl halides is 1. The molecule has 1 aromatic heterocycles. The number of nitrogens with one attached hydrogen (secondary N) is 3. The third-order valence-corrected chi connectivity index (χ3v) is 5.26. The van der Waals surface area contributed by atoms with Crippen LogP contribution in [0.3, 0.4) is 0 Å². The Hall–Kier alpha value is -3.03. The van der Waals surface area contributed by atoms with Crippen molar-refractivity contribution in [1.82, 2.24) is 15.6 Å². The normalized spacial score (nSPS) is 15.0. The molecule has 32 heavy (non-hydrogen) atoms. The third kappa shape index (κ3) is 7.59. The summed E-state index contributed by atoms with van der Waals surface area (Å²) in [6, 6.07) is 9.95. The molecule has 3 rings (SSSR count). The fraction of sp³-hybridized carbons (Fsp3) is 0.360. The molecule has 1 fully saturated rings. The summed E-state index contributed by atoms with van der Waals surface area (Å²) in [4.78, 5) is 16.6. The van der Waals surface area contributed by atoms with Crippen molar-refractivity contribution < 1.29 is 9.18 Å². The van der Waals surface area contributed by atoms with Crippen molar-refractivity contribution in [3.63, 3.8) is 0 Å². The van der Waals surface area contributed by atoms with Gasteiger partial charge in [0.2, 0.25) is 5.91 Å². The Morgan fingerprint density at radius 3 is 2.75 bits per heavy atom. The number of halogens is 1. The minimum absolute atomic E-state index is 0.233. The molecule has 1 aromatic carbocycles. The highest BCUT2D eigenvalue weighted by Gasteiger charge is 2.19. The molecule has 0 spiro atoms. The Kier molecular flexibility index (Phi) is 8.95. The number of aromatic nitrogens is 1. The van der Waals surface area contributed by atoms with E-state index in [1.165, 1.54) is 18.9 Å². The van der Waals surface area contributed by atoms with Crippen molar-refractivity contribution in [2.45, 2.75) is 44.9 Å². The number of pyridine rings is 1. The topological polar surface area (TPSA) is 92.1 Å². The number of carbonyl (C=O) groups excluding carboxylic acids is 1. The largest absolute Gasteiger partial charge is 0.388 e. The highest BCUT2D eigenvalue weighted by molar-refractivity contribution is 6.02. The monoisotopic (exact) mass is 437 g/mol. The van der Waals surface area contributed by atoms with Crippen molar-refractivity contribution in [1.29, 1.82) is 0 Å². The molecule has 1 heterocycles. The van der Waals surface area contributed by atoms with E-state index in [0.29, 0.717) is 37.8 Å². The van der Waals surface area contributed by atoms with Crippen molar-refractivity contribution in [2.75, 3.05) is 18.4 Å². The van der Waals surface area contributed by atoms with E-state index in [9.17, 15) is 9.18 Å². The molecular weight excluding hydrogens is 405 g/mol. The summed E-state index contributed by atoms with van der Waals surface area (Å²) >= 11 is 0. The van der Waals surface area contributed by atoms with Crippen LogP contribution < -0.4 is 21.7 Å². The molecule has 7 heteroatoms. The number of nitrogens with two attached hydrogens (primary N) is 1. The van der Waals surface area contributed by atoms with Gasteiger partial charge in [-0.3, -0.25) is 9.78 Å². The fourth-order valence-electron chi connectivity index (χ4n) is 3.12. The second-order valence-corrected chi connectivity index (χ2v) is 7.93. The molecule has 2 aromatic rings. The van der Waals surface area contributed by atoms with Crippen LogP contribution in [0.15, 0.2) is 55.0 Å². The number of nitrogens with zero attached hydrogens (tertiary/aromatic N) is 1. The molecule has 6 nitrogen and oxygen atoms in total. The third-order valence-electron chi connectivity index (χ3n) is 5.26. The number of carbonyl (C=O) groups is 1. The van der Waals surface area contributed by atoms with Gasteiger partial charge in [-0.15, -0.1) is 0 Å². The lowest BCUT2D eigenvalue weighted by Gasteiger charge is -2.10. The van der Waals surface area contributed by atoms with Crippen molar-refractivity contribution in [3.8, 4) is 0 Å². The van der Waals surface area contributed by atoms with Gasteiger partial charge in [-0.05, 0) is 60.2 Å². The number of amides is 1. The fourth-order valence-corrected chi connectivity index (χ4v) is 3.12. The van der Waals surface area contributed by atoms with Crippen LogP contribution >= 0.6 is 0 Å². The maximum atomic E-state index is 13.3. The predicted molar refractivity (Wildman–Crippen MR) is 128 cm³/mol. The van der Waals surface area contributed by atoms with E-state index in [1.807, 2.05) is 43.5 Å². The highest BCUT2D eigenvalue weighted by atomic mass is 19.1. The van der Waals surface area contributed by atoms with Gasteiger partial charge >= 0.3 is 0 Å². The average molecular weight is 438 g/mol. The second kappa shape index (κ2) is 12.1. The molecule has 1 saturated carbocycles. The first-order valence-electron chi connectivity index (χ1n) is 11.1. The number of hydrogen-bond donors (Lipinski definition) is 4. The second-order valence-electron chi connectivity index (χ2n) is 7.93. The summed E-state index contributed by atoms with van der Waals surface area (Å²) in [6.07, 6.45) is 10.7. The van der Waals surface area contributed by atoms with Crippen molar-refractivity contribution >= 4 is 23.2 Å². The van der Waals surface area contributed by atoms with Gasteiger partial charge in [0, 0.05) is 61.6 Å². The van der Waals surface area contributed by atoms with E-state index >= 15 is 0 Å². The molecule has 0 bridgehead atoms. The standard InChI is InChI=1S/C25H32FN5O/c1-2-21(26)17-29-14-18-3-6-23(7-4-18)31-25(32)10-5-19-15-28-12-11-24(19)20(13-27)16-30-22-8-9-22/h3-7,10-12,15-16,21-22,29-30H,2,8-9,13-14,17,27H2,1H3,(H,31,32)/b10-5+,20-16+. The summed E-state index contributed by atoms with van der Waals surface area (Å²) in [5, 5.41) is 9.31. The van der Waals surface area contributed by atoms with E-state index in [4.69, 9.17) is 5.73 Å². The van der Waals surface area contributed by atoms with E-state index in [2.05, 4.69) is 20.9 Å². The van der Waals surface area contributed by atoms with Crippen LogP contribution in [0, 0.1) is 0 Å². The number of rotatable bonds is 12. The first-order valence-corrected chi connectivity index (χ1v) is 11.1. The van der Waals surface area contributed by atoms with E-state index in [-0.39, 0.29) is 5.91 Å². The zero-order chi connectivity index (χ0) is 22.8. The quantitative estimate of drug-likeness (QED) is 0.381. The Morgan fingerprint density at radius 1 is 1.28 bits per heavy atom. The van der Waals surface area contributed by atoms with Crippen LogP contribution in [0.1, 0.15) is 42.9 Å². The van der Waals surface area contributed by atoms with Gasteiger partial charge in [0.25, 0.3) is 0 Å². The molecular formula is C25H32FN5O. The van der Waals surface area contributed by atoms with Gasteiger partial charge in [0.1, 0.15) is 6.17 Å². The zero-order valence-corrected chi connectivity index (χ0v) is 18.5. The smallest absolute Gasteiger partial charge is 0.248 e. The summed E-state index contributed by atoms with van der Waals surface area (Å²) in [6.45, 7) is 3.15. The van der Waals surface area contributed by atoms with Gasteiger partial charge in [0.15, 0.2) is 0 Å². The lowest BCUT2D eigenvalue weighted by atomic mass is 10.0. The van der Waals surface area contributed by atoms with Crippen molar-refractivity contribution in [2.24, 2.45) is 5.73 Å². The van der Waals surface area contributed by atoms with Crippen LogP contribution in [-0.4, -0.2) is 36.2 Å². The number of benzene rings is 1. The summed E-state index contributed by atoms with van der Waals surface area (Å²) in [5.41, 5.74) is 10.4. The summed E-state index contributed by atoms with van der Waals surface area (Å²) < 4.78 is 13.3.